The van der Waals surface area contributed by atoms with E-state index < -0.39 is 63.6 Å². The number of hydrogen-bond donors (Lipinski definition) is 2. The maximum Gasteiger partial charge on any atom is 0.417 e. The fourth-order valence-corrected chi connectivity index (χ4v) is 6.88. The second-order valence-electron chi connectivity index (χ2n) is 15.6. The standard InChI is InChI=1S/C38H48F6N2O5/c1-8-9-10-11-22-12-15-25(27(18-22)37(39,40)41)26-19-23-13-14-24(20-28(23)50-31(26)47)49-29-16-17-30(36(29,7)38(42,43)44)51-32(48)35(6,34(4,5)46)21-33(2,3)45/h12-15,18-20,29-30H,8-11,16-17,21,45-46H2,1-7H3. The van der Waals surface area contributed by atoms with Gasteiger partial charge in [0, 0.05) is 28.1 Å². The quantitative estimate of drug-likeness (QED) is 0.0828. The Labute approximate surface area is 294 Å². The lowest BCUT2D eigenvalue weighted by Crippen LogP contribution is -2.59. The van der Waals surface area contributed by atoms with E-state index in [1.807, 2.05) is 6.92 Å². The lowest BCUT2D eigenvalue weighted by molar-refractivity contribution is -0.265. The van der Waals surface area contributed by atoms with Crippen LogP contribution in [-0.4, -0.2) is 35.4 Å². The van der Waals surface area contributed by atoms with E-state index in [4.69, 9.17) is 25.4 Å². The van der Waals surface area contributed by atoms with Gasteiger partial charge in [-0.2, -0.15) is 26.3 Å². The fraction of sp³-hybridized carbons (Fsp3) is 0.579. The van der Waals surface area contributed by atoms with Crippen LogP contribution >= 0.6 is 0 Å². The van der Waals surface area contributed by atoms with Gasteiger partial charge >= 0.3 is 23.9 Å². The van der Waals surface area contributed by atoms with Crippen LogP contribution in [0.15, 0.2) is 51.7 Å². The molecule has 0 bridgehead atoms. The lowest BCUT2D eigenvalue weighted by Gasteiger charge is -2.45. The molecule has 1 aromatic heterocycles. The lowest BCUT2D eigenvalue weighted by atomic mass is 9.67. The van der Waals surface area contributed by atoms with Gasteiger partial charge in [-0.05, 0) is 103 Å². The minimum Gasteiger partial charge on any atom is -0.489 e. The van der Waals surface area contributed by atoms with Gasteiger partial charge in [0.1, 0.15) is 29.0 Å². The molecule has 0 amide bonds. The van der Waals surface area contributed by atoms with Crippen molar-refractivity contribution >= 4 is 16.9 Å². The topological polar surface area (TPSA) is 118 Å². The first-order chi connectivity index (χ1) is 23.3. The number of unbranched alkanes of at least 4 members (excludes halogenated alkanes) is 2. The van der Waals surface area contributed by atoms with Crippen LogP contribution in [0.4, 0.5) is 26.3 Å². The fourth-order valence-electron chi connectivity index (χ4n) is 6.88. The number of ether oxygens (including phenoxy) is 2. The molecule has 0 spiro atoms. The molecule has 0 radical (unpaired) electrons. The maximum absolute atomic E-state index is 14.9. The van der Waals surface area contributed by atoms with Gasteiger partial charge in [-0.1, -0.05) is 31.9 Å². The number of alkyl halides is 6. The molecule has 2 aromatic carbocycles. The van der Waals surface area contributed by atoms with Gasteiger partial charge in [0.15, 0.2) is 0 Å². The first-order valence-corrected chi connectivity index (χ1v) is 17.1. The summed E-state index contributed by atoms with van der Waals surface area (Å²) in [6.45, 7) is 11.0. The van der Waals surface area contributed by atoms with Crippen LogP contribution in [0, 0.1) is 10.8 Å². The van der Waals surface area contributed by atoms with Gasteiger partial charge in [-0.3, -0.25) is 4.79 Å². The van der Waals surface area contributed by atoms with Crippen LogP contribution in [0.25, 0.3) is 22.1 Å². The van der Waals surface area contributed by atoms with Gasteiger partial charge in [0.25, 0.3) is 0 Å². The molecule has 1 fully saturated rings. The largest absolute Gasteiger partial charge is 0.489 e. The third-order valence-corrected chi connectivity index (χ3v) is 10.3. The molecule has 1 saturated carbocycles. The Morgan fingerprint density at radius 2 is 1.55 bits per heavy atom. The van der Waals surface area contributed by atoms with Gasteiger partial charge in [0.05, 0.1) is 16.5 Å². The number of esters is 1. The minimum absolute atomic E-state index is 0.0452. The summed E-state index contributed by atoms with van der Waals surface area (Å²) < 4.78 is 104. The maximum atomic E-state index is 14.9. The number of fused-ring (bicyclic) bond motifs is 1. The summed E-state index contributed by atoms with van der Waals surface area (Å²) in [5.41, 5.74) is 4.14. The molecular weight excluding hydrogens is 678 g/mol. The highest BCUT2D eigenvalue weighted by molar-refractivity contribution is 5.83. The molecule has 4 atom stereocenters. The summed E-state index contributed by atoms with van der Waals surface area (Å²) >= 11 is 0. The summed E-state index contributed by atoms with van der Waals surface area (Å²) in [6.07, 6.45) is -10.0. The normalized spacial score (nSPS) is 21.5. The van der Waals surface area contributed by atoms with Crippen LogP contribution in [0.3, 0.4) is 0 Å². The Morgan fingerprint density at radius 3 is 2.12 bits per heavy atom. The number of halogens is 6. The molecule has 1 heterocycles. The van der Waals surface area contributed by atoms with Crippen molar-refractivity contribution in [2.45, 2.75) is 129 Å². The number of carbonyl (C=O) groups excluding carboxylic acids is 1. The second-order valence-corrected chi connectivity index (χ2v) is 15.6. The van der Waals surface area contributed by atoms with Crippen LogP contribution < -0.4 is 21.8 Å². The van der Waals surface area contributed by atoms with Crippen molar-refractivity contribution in [1.82, 2.24) is 0 Å². The molecule has 0 saturated heterocycles. The molecule has 0 aliphatic heterocycles. The molecule has 3 aromatic rings. The second kappa shape index (κ2) is 14.1. The zero-order valence-corrected chi connectivity index (χ0v) is 30.1. The smallest absolute Gasteiger partial charge is 0.417 e. The molecule has 4 unspecified atom stereocenters. The number of carbonyl (C=O) groups is 1. The number of aryl methyl sites for hydroxylation is 1. The Hall–Kier alpha value is -3.58. The number of nitrogens with two attached hydrogens (primary N) is 2. The highest BCUT2D eigenvalue weighted by Gasteiger charge is 2.67. The van der Waals surface area contributed by atoms with Crippen molar-refractivity contribution in [3.05, 3.63) is 64.0 Å². The highest BCUT2D eigenvalue weighted by atomic mass is 19.4. The van der Waals surface area contributed by atoms with Crippen LogP contribution in [0.5, 0.6) is 5.75 Å². The van der Waals surface area contributed by atoms with E-state index in [2.05, 4.69) is 0 Å². The van der Waals surface area contributed by atoms with Crippen LogP contribution in [-0.2, 0) is 22.1 Å². The van der Waals surface area contributed by atoms with E-state index in [-0.39, 0.29) is 47.1 Å². The molecule has 4 rings (SSSR count). The molecule has 13 heteroatoms. The Bertz CT molecular complexity index is 1790. The van der Waals surface area contributed by atoms with E-state index in [0.29, 0.717) is 12.0 Å². The monoisotopic (exact) mass is 726 g/mol. The summed E-state index contributed by atoms with van der Waals surface area (Å²) in [5.74, 6) is -0.978. The number of hydrogen-bond acceptors (Lipinski definition) is 7. The van der Waals surface area contributed by atoms with Crippen LogP contribution in [0.2, 0.25) is 0 Å². The molecular formula is C38H48F6N2O5. The predicted octanol–water partition coefficient (Wildman–Crippen LogP) is 9.10. The molecule has 51 heavy (non-hydrogen) atoms. The van der Waals surface area contributed by atoms with E-state index in [9.17, 15) is 35.9 Å². The summed E-state index contributed by atoms with van der Waals surface area (Å²) in [7, 11) is 0. The van der Waals surface area contributed by atoms with Gasteiger partial charge in [0.2, 0.25) is 0 Å². The minimum atomic E-state index is -4.87. The van der Waals surface area contributed by atoms with Crippen molar-refractivity contribution in [1.29, 1.82) is 0 Å². The molecule has 7 nitrogen and oxygen atoms in total. The first-order valence-electron chi connectivity index (χ1n) is 17.1. The molecule has 282 valence electrons. The van der Waals surface area contributed by atoms with Gasteiger partial charge < -0.3 is 25.4 Å². The predicted molar refractivity (Wildman–Crippen MR) is 183 cm³/mol. The van der Waals surface area contributed by atoms with E-state index in [1.165, 1.54) is 37.3 Å². The van der Waals surface area contributed by atoms with E-state index in [1.54, 1.807) is 33.8 Å². The molecule has 4 N–H and O–H groups in total. The van der Waals surface area contributed by atoms with E-state index in [0.717, 1.165) is 32.3 Å². The van der Waals surface area contributed by atoms with E-state index >= 15 is 0 Å². The Kier molecular flexibility index (Phi) is 11.1. The first kappa shape index (κ1) is 40.2. The number of benzene rings is 2. The summed E-state index contributed by atoms with van der Waals surface area (Å²) in [5, 5.41) is 0.237. The Balaban J connectivity index is 1.64. The third-order valence-electron chi connectivity index (χ3n) is 10.3. The van der Waals surface area contributed by atoms with Crippen molar-refractivity contribution in [2.24, 2.45) is 22.3 Å². The average Bonchev–Trinajstić information content (AvgIpc) is 3.30. The third kappa shape index (κ3) is 8.40. The SMILES string of the molecule is CCCCCc1ccc(-c2cc3ccc(OC4CCC(OC(=O)C(C)(CC(C)(C)N)C(C)(C)N)C4(C)C(F)(F)F)cc3oc2=O)c(C(F)(F)F)c1. The van der Waals surface area contributed by atoms with Crippen molar-refractivity contribution < 1.29 is 45.0 Å². The highest BCUT2D eigenvalue weighted by Crippen LogP contribution is 2.54. The zero-order valence-electron chi connectivity index (χ0n) is 30.1. The van der Waals surface area contributed by atoms with Crippen molar-refractivity contribution in [3.63, 3.8) is 0 Å². The molecule has 1 aliphatic carbocycles. The van der Waals surface area contributed by atoms with Gasteiger partial charge in [-0.15, -0.1) is 0 Å². The van der Waals surface area contributed by atoms with Crippen molar-refractivity contribution in [3.8, 4) is 16.9 Å². The number of rotatable bonds is 12. The molecule has 1 aliphatic rings. The van der Waals surface area contributed by atoms with Crippen molar-refractivity contribution in [2.75, 3.05) is 0 Å². The average molecular weight is 727 g/mol. The van der Waals surface area contributed by atoms with Crippen LogP contribution in [0.1, 0.15) is 98.1 Å². The van der Waals surface area contributed by atoms with Gasteiger partial charge in [-0.25, -0.2) is 4.79 Å². The summed E-state index contributed by atoms with van der Waals surface area (Å²) in [4.78, 5) is 26.7. The summed E-state index contributed by atoms with van der Waals surface area (Å²) in [6, 6.07) is 9.08. The Morgan fingerprint density at radius 1 is 0.902 bits per heavy atom. The zero-order chi connectivity index (χ0) is 38.4.